The Balaban J connectivity index is 1.43. The summed E-state index contributed by atoms with van der Waals surface area (Å²) in [4.78, 5) is 157. The van der Waals surface area contributed by atoms with Crippen LogP contribution in [0.5, 0.6) is 5.75 Å². The van der Waals surface area contributed by atoms with Gasteiger partial charge in [-0.1, -0.05) is 46.2 Å². The Morgan fingerprint density at radius 1 is 0.658 bits per heavy atom. The topological polar surface area (TPSA) is 406 Å². The van der Waals surface area contributed by atoms with Gasteiger partial charge in [0.15, 0.2) is 0 Å². The number of amides is 11. The van der Waals surface area contributed by atoms with E-state index in [1.165, 1.54) is 69.4 Å². The van der Waals surface area contributed by atoms with Gasteiger partial charge in [-0.3, -0.25) is 52.7 Å². The molecule has 2 fully saturated rings. The molecule has 2 aromatic rings. The number of H-pyrrole nitrogens is 1. The molecule has 2 aliphatic heterocycles. The van der Waals surface area contributed by atoms with Crippen molar-refractivity contribution >= 4 is 65.0 Å². The zero-order chi connectivity index (χ0) is 58.8. The molecule has 4 rings (SSSR count). The normalized spacial score (nSPS) is 18.9. The van der Waals surface area contributed by atoms with Crippen LogP contribution >= 0.6 is 0 Å². The third-order valence-corrected chi connectivity index (χ3v) is 14.0. The van der Waals surface area contributed by atoms with Crippen molar-refractivity contribution in [2.75, 3.05) is 19.7 Å². The van der Waals surface area contributed by atoms with Crippen LogP contribution in [-0.2, 0) is 65.6 Å². The molecule has 0 aliphatic carbocycles. The molecular weight excluding hydrogens is 1030 g/mol. The molecule has 1 aromatic heterocycles. The molecule has 0 saturated carbocycles. The van der Waals surface area contributed by atoms with E-state index in [4.69, 9.17) is 5.73 Å². The van der Waals surface area contributed by atoms with Crippen molar-refractivity contribution in [1.82, 2.24) is 62.3 Å². The minimum Gasteiger partial charge on any atom is -0.508 e. The maximum Gasteiger partial charge on any atom is 0.248 e. The summed E-state index contributed by atoms with van der Waals surface area (Å²) < 4.78 is 0. The molecule has 79 heavy (non-hydrogen) atoms. The van der Waals surface area contributed by atoms with E-state index in [0.717, 1.165) is 4.90 Å². The minimum absolute atomic E-state index is 0.0152. The SMILES string of the molecule is CC[C@H](C)[C@H](NC(=O)[C@H](C)NC(=O)[C@@H](NC(=O)[C@H]1CCCN1C(=O)[C@H](CO)NC(=O)[C@H](Cc1cnc[nH]1)NC(=O)[C@H](CC(C)C)NC(=O)[C@@H]1CCCN1C(C)=O)[C@@H](C)O)C(=O)N[C@@H](Cc1ccc(O)cc1)C(=O)N[C@@H](C)C(N)=O. The fraction of sp³-hybridized carbons (Fsp3) is 0.615. The predicted molar refractivity (Wildman–Crippen MR) is 283 cm³/mol. The highest BCUT2D eigenvalue weighted by Crippen LogP contribution is 2.21. The molecule has 27 nitrogen and oxygen atoms in total. The number of imidazole rings is 1. The van der Waals surface area contributed by atoms with Crippen molar-refractivity contribution in [3.8, 4) is 5.75 Å². The Labute approximate surface area is 458 Å². The number of nitrogens with one attached hydrogen (secondary N) is 9. The first-order valence-corrected chi connectivity index (χ1v) is 26.6. The molecule has 2 aliphatic rings. The van der Waals surface area contributed by atoms with Crippen LogP contribution in [0.3, 0.4) is 0 Å². The summed E-state index contributed by atoms with van der Waals surface area (Å²) in [7, 11) is 0. The van der Waals surface area contributed by atoms with E-state index in [2.05, 4.69) is 52.5 Å². The van der Waals surface area contributed by atoms with Crippen LogP contribution in [0.25, 0.3) is 0 Å². The molecule has 27 heteroatoms. The molecular formula is C52H79N13O14. The summed E-state index contributed by atoms with van der Waals surface area (Å²) in [6.45, 7) is 11.7. The molecule has 436 valence electrons. The number of aromatic nitrogens is 2. The lowest BCUT2D eigenvalue weighted by Gasteiger charge is -2.31. The van der Waals surface area contributed by atoms with Gasteiger partial charge in [-0.15, -0.1) is 0 Å². The predicted octanol–water partition coefficient (Wildman–Crippen LogP) is -3.23. The van der Waals surface area contributed by atoms with Gasteiger partial charge in [0.25, 0.3) is 0 Å². The Morgan fingerprint density at radius 2 is 1.19 bits per heavy atom. The number of aliphatic hydroxyl groups excluding tert-OH is 2. The van der Waals surface area contributed by atoms with Crippen LogP contribution < -0.4 is 48.3 Å². The van der Waals surface area contributed by atoms with Crippen molar-refractivity contribution in [1.29, 1.82) is 0 Å². The van der Waals surface area contributed by atoms with Gasteiger partial charge in [-0.05, 0) is 82.4 Å². The highest BCUT2D eigenvalue weighted by molar-refractivity contribution is 5.99. The smallest absolute Gasteiger partial charge is 0.248 e. The number of nitrogens with two attached hydrogens (primary N) is 1. The maximum absolute atomic E-state index is 14.1. The fourth-order valence-corrected chi connectivity index (χ4v) is 9.17. The van der Waals surface area contributed by atoms with Gasteiger partial charge in [0.2, 0.25) is 65.0 Å². The van der Waals surface area contributed by atoms with Crippen molar-refractivity contribution < 1.29 is 68.1 Å². The van der Waals surface area contributed by atoms with Crippen molar-refractivity contribution in [3.63, 3.8) is 0 Å². The summed E-state index contributed by atoms with van der Waals surface area (Å²) in [6.07, 6.45) is 2.86. The molecule has 12 atom stereocenters. The second kappa shape index (κ2) is 29.9. The second-order valence-corrected chi connectivity index (χ2v) is 20.7. The Morgan fingerprint density at radius 3 is 1.75 bits per heavy atom. The van der Waals surface area contributed by atoms with Gasteiger partial charge < -0.3 is 78.4 Å². The third kappa shape index (κ3) is 18.5. The Hall–Kier alpha value is -7.68. The van der Waals surface area contributed by atoms with Crippen LogP contribution in [0.4, 0.5) is 0 Å². The lowest BCUT2D eigenvalue weighted by molar-refractivity contribution is -0.144. The average molecular weight is 1110 g/mol. The molecule has 0 unspecified atom stereocenters. The lowest BCUT2D eigenvalue weighted by Crippen LogP contribution is -2.62. The standard InChI is InChI=1S/C52H79N13O14/c1-9-27(4)41(50(77)60-36(45(72)56-28(5)43(53)70)21-32-14-16-34(69)17-15-32)62-44(71)29(6)57-51(78)42(30(7)67)63-49(76)40-13-11-19-65(40)52(79)38(24-66)61-47(74)37(22-33-23-54-25-55-33)58-46(73)35(20-26(2)3)59-48(75)39-12-10-18-64(39)31(8)68/h14-17,23,25-30,35-42,66-67,69H,9-13,18-22,24H2,1-8H3,(H2,53,70)(H,54,55)(H,56,72)(H,57,78)(H,58,73)(H,59,75)(H,60,77)(H,61,74)(H,62,71)(H,63,76)/t27-,28-,29-,30+,35-,36-,37-,38-,39-,40+,41-,42-/m0/s1. The highest BCUT2D eigenvalue weighted by atomic mass is 16.3. The van der Waals surface area contributed by atoms with Gasteiger partial charge >= 0.3 is 0 Å². The molecule has 1 aromatic carbocycles. The van der Waals surface area contributed by atoms with Crippen LogP contribution in [0.1, 0.15) is 105 Å². The molecule has 3 heterocycles. The number of hydrogen-bond donors (Lipinski definition) is 13. The van der Waals surface area contributed by atoms with E-state index in [1.54, 1.807) is 13.8 Å². The quantitative estimate of drug-likeness (QED) is 0.0399. The monoisotopic (exact) mass is 1110 g/mol. The summed E-state index contributed by atoms with van der Waals surface area (Å²) >= 11 is 0. The van der Waals surface area contributed by atoms with E-state index in [9.17, 15) is 68.1 Å². The van der Waals surface area contributed by atoms with Crippen LogP contribution in [0, 0.1) is 11.8 Å². The van der Waals surface area contributed by atoms with Gasteiger partial charge in [-0.25, -0.2) is 4.98 Å². The number of carbonyl (C=O) groups excluding carboxylic acids is 11. The Kier molecular flexibility index (Phi) is 24.2. The number of hydrogen-bond acceptors (Lipinski definition) is 15. The number of likely N-dealkylation sites (tertiary alicyclic amines) is 2. The van der Waals surface area contributed by atoms with E-state index in [1.807, 2.05) is 13.8 Å². The van der Waals surface area contributed by atoms with Crippen LogP contribution in [0.2, 0.25) is 0 Å². The molecule has 0 spiro atoms. The number of benzene rings is 1. The molecule has 14 N–H and O–H groups in total. The van der Waals surface area contributed by atoms with E-state index >= 15 is 0 Å². The van der Waals surface area contributed by atoms with Gasteiger partial charge in [0, 0.05) is 44.7 Å². The number of phenolic OH excluding ortho intramolecular Hbond substituents is 1. The summed E-state index contributed by atoms with van der Waals surface area (Å²) in [6, 6.07) is -7.07. The number of aromatic hydroxyl groups is 1. The van der Waals surface area contributed by atoms with Crippen molar-refractivity contribution in [2.24, 2.45) is 17.6 Å². The third-order valence-electron chi connectivity index (χ3n) is 14.0. The number of carbonyl (C=O) groups is 11. The molecule has 0 bridgehead atoms. The van der Waals surface area contributed by atoms with E-state index in [-0.39, 0.29) is 56.2 Å². The number of aliphatic hydroxyl groups is 2. The van der Waals surface area contributed by atoms with E-state index in [0.29, 0.717) is 37.1 Å². The minimum atomic E-state index is -1.69. The summed E-state index contributed by atoms with van der Waals surface area (Å²) in [5, 5.41) is 51.5. The van der Waals surface area contributed by atoms with Gasteiger partial charge in [0.05, 0.1) is 19.0 Å². The van der Waals surface area contributed by atoms with Crippen LogP contribution in [-0.4, -0.2) is 186 Å². The first kappa shape index (κ1) is 63.8. The first-order chi connectivity index (χ1) is 37.3. The first-order valence-electron chi connectivity index (χ1n) is 26.6. The highest BCUT2D eigenvalue weighted by Gasteiger charge is 2.42. The summed E-state index contributed by atoms with van der Waals surface area (Å²) in [5.41, 5.74) is 6.29. The molecule has 2 saturated heterocycles. The lowest BCUT2D eigenvalue weighted by atomic mass is 9.96. The number of aromatic amines is 1. The molecule has 0 radical (unpaired) electrons. The van der Waals surface area contributed by atoms with Crippen molar-refractivity contribution in [2.45, 2.75) is 173 Å². The number of rotatable bonds is 28. The van der Waals surface area contributed by atoms with Gasteiger partial charge in [0.1, 0.15) is 66.2 Å². The largest absolute Gasteiger partial charge is 0.508 e. The van der Waals surface area contributed by atoms with Crippen LogP contribution in [0.15, 0.2) is 36.8 Å². The summed E-state index contributed by atoms with van der Waals surface area (Å²) in [5.74, 6) is -9.11. The zero-order valence-electron chi connectivity index (χ0n) is 46.0. The second-order valence-electron chi connectivity index (χ2n) is 20.7. The molecule has 11 amide bonds. The number of nitrogens with zero attached hydrogens (tertiary/aromatic N) is 3. The van der Waals surface area contributed by atoms with Crippen molar-refractivity contribution in [3.05, 3.63) is 48.0 Å². The zero-order valence-corrected chi connectivity index (χ0v) is 46.0. The number of primary amides is 1. The fourth-order valence-electron chi connectivity index (χ4n) is 9.17. The Bertz CT molecular complexity index is 2470. The maximum atomic E-state index is 14.1. The number of phenols is 1. The van der Waals surface area contributed by atoms with Gasteiger partial charge in [-0.2, -0.15) is 0 Å². The van der Waals surface area contributed by atoms with E-state index < -0.39 is 138 Å². The average Bonchev–Trinajstić information content (AvgIpc) is 4.25.